The van der Waals surface area contributed by atoms with E-state index in [2.05, 4.69) is 27.8 Å². The molecule has 0 fully saturated rings. The topological polar surface area (TPSA) is 29.1 Å². The summed E-state index contributed by atoms with van der Waals surface area (Å²) in [6.45, 7) is 7.81. The molecule has 0 aliphatic carbocycles. The van der Waals surface area contributed by atoms with Gasteiger partial charge in [-0.3, -0.25) is 4.79 Å². The molecule has 10 heavy (non-hydrogen) atoms. The van der Waals surface area contributed by atoms with Crippen molar-refractivity contribution in [2.75, 3.05) is 6.54 Å². The van der Waals surface area contributed by atoms with Crippen molar-refractivity contribution in [3.63, 3.8) is 0 Å². The van der Waals surface area contributed by atoms with Gasteiger partial charge < -0.3 is 5.32 Å². The highest BCUT2D eigenvalue weighted by atomic mass is 79.9. The monoisotopic (exact) mass is 205 g/mol. The van der Waals surface area contributed by atoms with Crippen molar-refractivity contribution in [3.8, 4) is 0 Å². The minimum absolute atomic E-state index is 0.0480. The second-order valence-corrected chi connectivity index (χ2v) is 3.51. The highest BCUT2D eigenvalue weighted by molar-refractivity contribution is 9.11. The summed E-state index contributed by atoms with van der Waals surface area (Å²) in [7, 11) is 0. The summed E-state index contributed by atoms with van der Waals surface area (Å²) < 4.78 is 0.793. The fraction of sp³-hybridized carbons (Fsp3) is 0.571. The summed E-state index contributed by atoms with van der Waals surface area (Å²) in [5.41, 5.74) is 0. The molecule has 0 heterocycles. The lowest BCUT2D eigenvalue weighted by atomic mass is 10.2. The van der Waals surface area contributed by atoms with Crippen LogP contribution in [-0.2, 0) is 4.79 Å². The van der Waals surface area contributed by atoms with Gasteiger partial charge in [0.25, 0.3) is 0 Å². The summed E-state index contributed by atoms with van der Waals surface area (Å²) in [6, 6.07) is 0. The van der Waals surface area contributed by atoms with Crippen LogP contribution in [0.5, 0.6) is 0 Å². The van der Waals surface area contributed by atoms with E-state index in [1.165, 1.54) is 0 Å². The number of rotatable bonds is 3. The molecule has 0 radical (unpaired) electrons. The zero-order valence-corrected chi connectivity index (χ0v) is 7.86. The molecule has 0 aromatic rings. The lowest BCUT2D eigenvalue weighted by molar-refractivity contribution is -0.123. The molecule has 0 bridgehead atoms. The van der Waals surface area contributed by atoms with Gasteiger partial charge in [0.05, 0.1) is 0 Å². The van der Waals surface area contributed by atoms with Crippen molar-refractivity contribution in [2.45, 2.75) is 13.8 Å². The van der Waals surface area contributed by atoms with Gasteiger partial charge in [0.2, 0.25) is 5.91 Å². The Morgan fingerprint density at radius 2 is 2.20 bits per heavy atom. The van der Waals surface area contributed by atoms with Crippen LogP contribution >= 0.6 is 15.9 Å². The predicted molar refractivity (Wildman–Crippen MR) is 45.9 cm³/mol. The summed E-state index contributed by atoms with van der Waals surface area (Å²) in [5.74, 6) is 0.104. The number of halogens is 1. The molecule has 2 nitrogen and oxygen atoms in total. The van der Waals surface area contributed by atoms with Gasteiger partial charge in [0.1, 0.15) is 0 Å². The molecule has 1 N–H and O–H groups in total. The first-order valence-electron chi connectivity index (χ1n) is 3.15. The van der Waals surface area contributed by atoms with Crippen LogP contribution in [0.1, 0.15) is 13.8 Å². The fourth-order valence-corrected chi connectivity index (χ4v) is 0.527. The average Bonchev–Trinajstić information content (AvgIpc) is 1.82. The van der Waals surface area contributed by atoms with Crippen LogP contribution in [0.3, 0.4) is 0 Å². The van der Waals surface area contributed by atoms with Crippen molar-refractivity contribution in [3.05, 3.63) is 11.1 Å². The first-order chi connectivity index (χ1) is 4.54. The molecule has 0 rings (SSSR count). The van der Waals surface area contributed by atoms with Crippen LogP contribution in [0.2, 0.25) is 0 Å². The molecular formula is C7H12BrNO. The molecule has 3 heteroatoms. The van der Waals surface area contributed by atoms with Crippen LogP contribution < -0.4 is 5.32 Å². The second-order valence-electron chi connectivity index (χ2n) is 2.39. The summed E-state index contributed by atoms with van der Waals surface area (Å²) in [4.78, 5) is 10.9. The van der Waals surface area contributed by atoms with E-state index in [4.69, 9.17) is 0 Å². The molecule has 0 unspecified atom stereocenters. The second kappa shape index (κ2) is 4.50. The standard InChI is InChI=1S/C7H12BrNO/c1-5(2)7(10)9-4-6(3)8/h5H,3-4H2,1-2H3,(H,9,10). The van der Waals surface area contributed by atoms with Crippen molar-refractivity contribution in [2.24, 2.45) is 5.92 Å². The molecule has 1 amide bonds. The fourth-order valence-electron chi connectivity index (χ4n) is 0.387. The zero-order chi connectivity index (χ0) is 8.15. The lowest BCUT2D eigenvalue weighted by Crippen LogP contribution is -2.28. The number of carbonyl (C=O) groups excluding carboxylic acids is 1. The van der Waals surface area contributed by atoms with E-state index in [1.54, 1.807) is 0 Å². The third kappa shape index (κ3) is 4.56. The maximum absolute atomic E-state index is 10.9. The maximum atomic E-state index is 10.9. The molecule has 0 aromatic carbocycles. The Bertz CT molecular complexity index is 143. The summed E-state index contributed by atoms with van der Waals surface area (Å²) in [6.07, 6.45) is 0. The number of carbonyl (C=O) groups is 1. The van der Waals surface area contributed by atoms with Gasteiger partial charge in [-0.15, -0.1) is 0 Å². The maximum Gasteiger partial charge on any atom is 0.222 e. The van der Waals surface area contributed by atoms with Crippen LogP contribution in [0.4, 0.5) is 0 Å². The van der Waals surface area contributed by atoms with Crippen molar-refractivity contribution in [1.29, 1.82) is 0 Å². The Labute approximate surface area is 69.8 Å². The smallest absolute Gasteiger partial charge is 0.222 e. The molecular weight excluding hydrogens is 194 g/mol. The third-order valence-corrected chi connectivity index (χ3v) is 1.26. The number of nitrogens with one attached hydrogen (secondary N) is 1. The molecule has 0 saturated heterocycles. The van der Waals surface area contributed by atoms with Gasteiger partial charge in [-0.1, -0.05) is 36.4 Å². The van der Waals surface area contributed by atoms with Crippen LogP contribution in [0.25, 0.3) is 0 Å². The van der Waals surface area contributed by atoms with E-state index in [-0.39, 0.29) is 11.8 Å². The van der Waals surface area contributed by atoms with E-state index < -0.39 is 0 Å². The van der Waals surface area contributed by atoms with Crippen molar-refractivity contribution in [1.82, 2.24) is 5.32 Å². The van der Waals surface area contributed by atoms with Crippen LogP contribution in [0, 0.1) is 5.92 Å². The summed E-state index contributed by atoms with van der Waals surface area (Å²) in [5, 5.41) is 2.70. The average molecular weight is 206 g/mol. The number of hydrogen-bond acceptors (Lipinski definition) is 1. The zero-order valence-electron chi connectivity index (χ0n) is 6.28. The van der Waals surface area contributed by atoms with E-state index in [0.29, 0.717) is 6.54 Å². The highest BCUT2D eigenvalue weighted by Gasteiger charge is 2.04. The Morgan fingerprint density at radius 1 is 1.70 bits per heavy atom. The van der Waals surface area contributed by atoms with Crippen LogP contribution in [0.15, 0.2) is 11.1 Å². The number of hydrogen-bond donors (Lipinski definition) is 1. The molecule has 0 aliphatic rings. The van der Waals surface area contributed by atoms with E-state index in [0.717, 1.165) is 4.48 Å². The van der Waals surface area contributed by atoms with Gasteiger partial charge in [-0.05, 0) is 0 Å². The Hall–Kier alpha value is -0.310. The van der Waals surface area contributed by atoms with Gasteiger partial charge in [-0.2, -0.15) is 0 Å². The van der Waals surface area contributed by atoms with E-state index >= 15 is 0 Å². The quantitative estimate of drug-likeness (QED) is 0.747. The molecule has 0 spiro atoms. The highest BCUT2D eigenvalue weighted by Crippen LogP contribution is 1.98. The number of amides is 1. The molecule has 0 aliphatic heterocycles. The molecule has 0 saturated carbocycles. The van der Waals surface area contributed by atoms with Gasteiger partial charge >= 0.3 is 0 Å². The largest absolute Gasteiger partial charge is 0.351 e. The third-order valence-electron chi connectivity index (χ3n) is 0.979. The Kier molecular flexibility index (Phi) is 4.36. The van der Waals surface area contributed by atoms with Crippen molar-refractivity contribution >= 4 is 21.8 Å². The van der Waals surface area contributed by atoms with E-state index in [1.807, 2.05) is 13.8 Å². The molecule has 58 valence electrons. The van der Waals surface area contributed by atoms with Crippen LogP contribution in [-0.4, -0.2) is 12.5 Å². The van der Waals surface area contributed by atoms with Crippen molar-refractivity contribution < 1.29 is 4.79 Å². The first kappa shape index (κ1) is 9.69. The first-order valence-corrected chi connectivity index (χ1v) is 3.94. The Morgan fingerprint density at radius 3 is 2.50 bits per heavy atom. The molecule has 0 atom stereocenters. The molecule has 0 aromatic heterocycles. The SMILES string of the molecule is C=C(Br)CNC(=O)C(C)C. The predicted octanol–water partition coefficient (Wildman–Crippen LogP) is 1.67. The minimum Gasteiger partial charge on any atom is -0.351 e. The summed E-state index contributed by atoms with van der Waals surface area (Å²) >= 11 is 3.14. The lowest BCUT2D eigenvalue weighted by Gasteiger charge is -2.05. The van der Waals surface area contributed by atoms with Gasteiger partial charge in [0, 0.05) is 16.9 Å². The van der Waals surface area contributed by atoms with E-state index in [9.17, 15) is 4.79 Å². The normalized spacial score (nSPS) is 9.60. The minimum atomic E-state index is 0.0480. The van der Waals surface area contributed by atoms with Gasteiger partial charge in [0.15, 0.2) is 0 Å². The van der Waals surface area contributed by atoms with Gasteiger partial charge in [-0.25, -0.2) is 0 Å². The Balaban J connectivity index is 3.50.